The molecule has 142 valence electrons. The molecule has 7 nitrogen and oxygen atoms in total. The summed E-state index contributed by atoms with van der Waals surface area (Å²) in [5, 5.41) is 1.04. The first kappa shape index (κ1) is 16.9. The Kier molecular flexibility index (Phi) is 3.89. The highest BCUT2D eigenvalue weighted by atomic mass is 16.2. The van der Waals surface area contributed by atoms with E-state index in [-0.39, 0.29) is 17.2 Å². The van der Waals surface area contributed by atoms with E-state index in [2.05, 4.69) is 15.0 Å². The van der Waals surface area contributed by atoms with Gasteiger partial charge in [-0.2, -0.15) is 0 Å². The molecule has 2 aromatic heterocycles. The van der Waals surface area contributed by atoms with Gasteiger partial charge in [-0.3, -0.25) is 9.59 Å². The molecule has 0 bridgehead atoms. The highest BCUT2D eigenvalue weighted by molar-refractivity contribution is 5.98. The maximum atomic E-state index is 13.0. The molecule has 4 heterocycles. The number of hydrogen-bond donors (Lipinski definition) is 1. The topological polar surface area (TPSA) is 82.2 Å². The van der Waals surface area contributed by atoms with E-state index in [1.807, 2.05) is 40.3 Å². The van der Waals surface area contributed by atoms with E-state index in [1.54, 1.807) is 12.4 Å². The fraction of sp³-hybridized carbons (Fsp3) is 0.333. The Hall–Kier alpha value is -3.22. The van der Waals surface area contributed by atoms with E-state index in [0.717, 1.165) is 35.9 Å². The van der Waals surface area contributed by atoms with Crippen molar-refractivity contribution in [3.8, 4) is 0 Å². The molecule has 2 aliphatic rings. The number of H-pyrrole nitrogens is 1. The Morgan fingerprint density at radius 3 is 2.54 bits per heavy atom. The SMILES string of the molecule is O=C(c1ccc2[nH]ccc2c1)N1CCCC2(C1)CN(C(=O)c1cncnc1)C2. The molecular formula is C21H21N5O2. The highest BCUT2D eigenvalue weighted by Gasteiger charge is 2.48. The fourth-order valence-electron chi connectivity index (χ4n) is 4.51. The van der Waals surface area contributed by atoms with Crippen molar-refractivity contribution in [2.45, 2.75) is 12.8 Å². The van der Waals surface area contributed by atoms with Crippen LogP contribution < -0.4 is 0 Å². The maximum absolute atomic E-state index is 13.0. The second-order valence-corrected chi connectivity index (χ2v) is 7.90. The summed E-state index contributed by atoms with van der Waals surface area (Å²) in [7, 11) is 0. The van der Waals surface area contributed by atoms with Gasteiger partial charge in [0.15, 0.2) is 0 Å². The predicted octanol–water partition coefficient (Wildman–Crippen LogP) is 2.34. The van der Waals surface area contributed by atoms with Crippen LogP contribution in [0.5, 0.6) is 0 Å². The number of piperidine rings is 1. The molecule has 3 aromatic rings. The third-order valence-corrected chi connectivity index (χ3v) is 5.90. The third-order valence-electron chi connectivity index (χ3n) is 5.90. The van der Waals surface area contributed by atoms with Crippen molar-refractivity contribution in [1.29, 1.82) is 0 Å². The molecule has 0 atom stereocenters. The van der Waals surface area contributed by atoms with Gasteiger partial charge < -0.3 is 14.8 Å². The molecule has 1 spiro atoms. The zero-order valence-electron chi connectivity index (χ0n) is 15.5. The van der Waals surface area contributed by atoms with Gasteiger partial charge in [0.25, 0.3) is 11.8 Å². The minimum Gasteiger partial charge on any atom is -0.361 e. The lowest BCUT2D eigenvalue weighted by Crippen LogP contribution is -2.64. The predicted molar refractivity (Wildman–Crippen MR) is 104 cm³/mol. The number of amides is 2. The van der Waals surface area contributed by atoms with Gasteiger partial charge in [-0.05, 0) is 37.1 Å². The third kappa shape index (κ3) is 2.83. The number of nitrogens with zero attached hydrogens (tertiary/aromatic N) is 4. The van der Waals surface area contributed by atoms with E-state index >= 15 is 0 Å². The standard InChI is InChI=1S/C21H21N5O2/c27-19(16-2-3-18-15(8-16)4-6-24-18)25-7-1-5-21(11-25)12-26(13-21)20(28)17-9-22-14-23-10-17/h2-4,6,8-10,14,24H,1,5,7,11-13H2. The Balaban J connectivity index is 1.28. The second-order valence-electron chi connectivity index (χ2n) is 7.90. The van der Waals surface area contributed by atoms with Crippen LogP contribution in [0, 0.1) is 5.41 Å². The maximum Gasteiger partial charge on any atom is 0.257 e. The number of likely N-dealkylation sites (tertiary alicyclic amines) is 2. The van der Waals surface area contributed by atoms with E-state index in [0.29, 0.717) is 25.2 Å². The largest absolute Gasteiger partial charge is 0.361 e. The van der Waals surface area contributed by atoms with Gasteiger partial charge >= 0.3 is 0 Å². The van der Waals surface area contributed by atoms with Crippen LogP contribution in [-0.2, 0) is 0 Å². The number of aromatic nitrogens is 3. The first-order valence-electron chi connectivity index (χ1n) is 9.54. The lowest BCUT2D eigenvalue weighted by atomic mass is 9.73. The lowest BCUT2D eigenvalue weighted by Gasteiger charge is -2.54. The molecule has 7 heteroatoms. The molecule has 0 radical (unpaired) electrons. The van der Waals surface area contributed by atoms with Crippen LogP contribution in [0.15, 0.2) is 49.2 Å². The summed E-state index contributed by atoms with van der Waals surface area (Å²) in [6.07, 6.45) is 8.41. The van der Waals surface area contributed by atoms with Crippen molar-refractivity contribution >= 4 is 22.7 Å². The molecule has 5 rings (SSSR count). The van der Waals surface area contributed by atoms with Crippen LogP contribution >= 0.6 is 0 Å². The summed E-state index contributed by atoms with van der Waals surface area (Å²) in [4.78, 5) is 40.4. The average molecular weight is 375 g/mol. The smallest absolute Gasteiger partial charge is 0.257 e. The van der Waals surface area contributed by atoms with Crippen molar-refractivity contribution in [3.05, 3.63) is 60.3 Å². The van der Waals surface area contributed by atoms with Gasteiger partial charge in [-0.1, -0.05) is 0 Å². The number of aromatic amines is 1. The molecule has 0 aliphatic carbocycles. The van der Waals surface area contributed by atoms with Gasteiger partial charge in [0, 0.05) is 66.7 Å². The molecule has 2 amide bonds. The first-order chi connectivity index (χ1) is 13.6. The minimum absolute atomic E-state index is 0.0113. The Morgan fingerprint density at radius 2 is 1.71 bits per heavy atom. The zero-order chi connectivity index (χ0) is 19.1. The van der Waals surface area contributed by atoms with Gasteiger partial charge in [0.1, 0.15) is 6.33 Å². The van der Waals surface area contributed by atoms with Gasteiger partial charge in [0.2, 0.25) is 0 Å². The minimum atomic E-state index is -0.0346. The first-order valence-corrected chi connectivity index (χ1v) is 9.54. The second kappa shape index (κ2) is 6.44. The molecule has 28 heavy (non-hydrogen) atoms. The monoisotopic (exact) mass is 375 g/mol. The Labute approximate surface area is 162 Å². The molecule has 2 aliphatic heterocycles. The van der Waals surface area contributed by atoms with Crippen LogP contribution in [0.1, 0.15) is 33.6 Å². The summed E-state index contributed by atoms with van der Waals surface area (Å²) in [6, 6.07) is 7.76. The van der Waals surface area contributed by atoms with Crippen molar-refractivity contribution in [2.24, 2.45) is 5.41 Å². The summed E-state index contributed by atoms with van der Waals surface area (Å²) in [6.45, 7) is 2.83. The van der Waals surface area contributed by atoms with Crippen molar-refractivity contribution < 1.29 is 9.59 Å². The number of fused-ring (bicyclic) bond motifs is 1. The van der Waals surface area contributed by atoms with Crippen molar-refractivity contribution in [3.63, 3.8) is 0 Å². The van der Waals surface area contributed by atoms with Crippen LogP contribution in [0.3, 0.4) is 0 Å². The molecule has 0 saturated carbocycles. The lowest BCUT2D eigenvalue weighted by molar-refractivity contribution is -0.0338. The summed E-state index contributed by atoms with van der Waals surface area (Å²) < 4.78 is 0. The van der Waals surface area contributed by atoms with E-state index in [9.17, 15) is 9.59 Å². The number of carbonyl (C=O) groups excluding carboxylic acids is 2. The van der Waals surface area contributed by atoms with Gasteiger partial charge in [0.05, 0.1) is 5.56 Å². The van der Waals surface area contributed by atoms with Crippen molar-refractivity contribution in [2.75, 3.05) is 26.2 Å². The van der Waals surface area contributed by atoms with Gasteiger partial charge in [-0.25, -0.2) is 9.97 Å². The quantitative estimate of drug-likeness (QED) is 0.745. The molecule has 2 saturated heterocycles. The molecule has 1 N–H and O–H groups in total. The normalized spacial score (nSPS) is 18.3. The molecule has 1 aromatic carbocycles. The van der Waals surface area contributed by atoms with Crippen molar-refractivity contribution in [1.82, 2.24) is 24.8 Å². The average Bonchev–Trinajstić information content (AvgIpc) is 3.19. The number of carbonyl (C=O) groups is 2. The van der Waals surface area contributed by atoms with E-state index in [1.165, 1.54) is 6.33 Å². The fourth-order valence-corrected chi connectivity index (χ4v) is 4.51. The summed E-state index contributed by atoms with van der Waals surface area (Å²) in [5.41, 5.74) is 2.28. The van der Waals surface area contributed by atoms with E-state index in [4.69, 9.17) is 0 Å². The number of benzene rings is 1. The molecule has 2 fully saturated rings. The van der Waals surface area contributed by atoms with Gasteiger partial charge in [-0.15, -0.1) is 0 Å². The Bertz CT molecular complexity index is 1040. The number of rotatable bonds is 2. The summed E-state index contributed by atoms with van der Waals surface area (Å²) in [5.74, 6) is 0.0380. The zero-order valence-corrected chi connectivity index (χ0v) is 15.5. The summed E-state index contributed by atoms with van der Waals surface area (Å²) >= 11 is 0. The number of hydrogen-bond acceptors (Lipinski definition) is 4. The molecular weight excluding hydrogens is 354 g/mol. The number of nitrogens with one attached hydrogen (secondary N) is 1. The highest BCUT2D eigenvalue weighted by Crippen LogP contribution is 2.40. The van der Waals surface area contributed by atoms with Crippen LogP contribution in [0.2, 0.25) is 0 Å². The van der Waals surface area contributed by atoms with Crippen LogP contribution in [-0.4, -0.2) is 62.7 Å². The molecule has 0 unspecified atom stereocenters. The van der Waals surface area contributed by atoms with E-state index < -0.39 is 0 Å². The Morgan fingerprint density at radius 1 is 0.964 bits per heavy atom. The van der Waals surface area contributed by atoms with Crippen LogP contribution in [0.4, 0.5) is 0 Å². The van der Waals surface area contributed by atoms with Crippen LogP contribution in [0.25, 0.3) is 10.9 Å².